The molecule has 0 aliphatic carbocycles. The molecule has 0 saturated heterocycles. The van der Waals surface area contributed by atoms with Gasteiger partial charge in [0.15, 0.2) is 11.5 Å². The molecular formula is C22H19ClN2O4. The molecule has 0 spiro atoms. The number of amidine groups is 1. The number of halogens is 1. The molecule has 0 fully saturated rings. The molecule has 0 atom stereocenters. The number of aliphatic hydroxyl groups is 1. The maximum absolute atomic E-state index is 12.8. The van der Waals surface area contributed by atoms with E-state index in [9.17, 15) is 14.7 Å². The molecule has 6 nitrogen and oxygen atoms in total. The second kappa shape index (κ2) is 8.32. The van der Waals surface area contributed by atoms with Crippen LogP contribution in [0.5, 0.6) is 0 Å². The molecule has 148 valence electrons. The molecule has 0 bridgehead atoms. The zero-order valence-corrected chi connectivity index (χ0v) is 16.7. The number of allylic oxidation sites excluding steroid dienone is 1. The summed E-state index contributed by atoms with van der Waals surface area (Å²) in [4.78, 5) is 26.4. The van der Waals surface area contributed by atoms with Gasteiger partial charge in [-0.15, -0.1) is 0 Å². The largest absolute Gasteiger partial charge is 0.505 e. The van der Waals surface area contributed by atoms with Crippen molar-refractivity contribution in [1.29, 1.82) is 5.41 Å². The van der Waals surface area contributed by atoms with Crippen LogP contribution in [0.15, 0.2) is 71.6 Å². The summed E-state index contributed by atoms with van der Waals surface area (Å²) >= 11 is 6.07. The third kappa shape index (κ3) is 4.07. The third-order valence-corrected chi connectivity index (χ3v) is 4.57. The Bertz CT molecular complexity index is 1050. The minimum atomic E-state index is -0.840. The number of aliphatic hydroxyl groups excluding tert-OH is 1. The summed E-state index contributed by atoms with van der Waals surface area (Å²) in [5, 5.41) is 19.5. The summed E-state index contributed by atoms with van der Waals surface area (Å²) in [6.07, 6.45) is 1.20. The second-order valence-electron chi connectivity index (χ2n) is 6.37. The van der Waals surface area contributed by atoms with E-state index in [1.807, 2.05) is 6.92 Å². The van der Waals surface area contributed by atoms with Gasteiger partial charge in [0, 0.05) is 22.3 Å². The first-order valence-corrected chi connectivity index (χ1v) is 9.29. The minimum absolute atomic E-state index is 0.00546. The molecule has 2 aromatic carbocycles. The van der Waals surface area contributed by atoms with E-state index in [-0.39, 0.29) is 29.5 Å². The Kier molecular flexibility index (Phi) is 5.84. The van der Waals surface area contributed by atoms with E-state index in [0.29, 0.717) is 16.3 Å². The number of anilines is 1. The topological polar surface area (TPSA) is 90.7 Å². The maximum Gasteiger partial charge on any atom is 0.345 e. The molecule has 1 aliphatic rings. The van der Waals surface area contributed by atoms with Crippen LogP contribution in [-0.4, -0.2) is 29.3 Å². The maximum atomic E-state index is 12.8. The highest BCUT2D eigenvalue weighted by molar-refractivity contribution is 6.32. The molecule has 2 aromatic rings. The van der Waals surface area contributed by atoms with Crippen LogP contribution in [0.3, 0.4) is 0 Å². The van der Waals surface area contributed by atoms with Crippen molar-refractivity contribution in [1.82, 2.24) is 0 Å². The number of benzene rings is 2. The van der Waals surface area contributed by atoms with Gasteiger partial charge in [-0.3, -0.25) is 15.1 Å². The van der Waals surface area contributed by atoms with E-state index >= 15 is 0 Å². The zero-order valence-electron chi connectivity index (χ0n) is 15.9. The average molecular weight is 411 g/mol. The Labute approximate surface area is 173 Å². The molecule has 0 amide bonds. The standard InChI is InChI=1S/C22H19ClN2O4/c1-3-29-22(28)19-20(27)17(12-18(26)14-9-7-13(2)8-10-14)25(21(19)24)16-6-4-5-15(23)11-16/h4-12,24,27H,3H2,1-2H3/b17-12+,24-21?. The van der Waals surface area contributed by atoms with Crippen molar-refractivity contribution in [2.24, 2.45) is 0 Å². The smallest absolute Gasteiger partial charge is 0.345 e. The fraction of sp³-hybridized carbons (Fsp3) is 0.136. The summed E-state index contributed by atoms with van der Waals surface area (Å²) < 4.78 is 4.96. The van der Waals surface area contributed by atoms with Crippen LogP contribution < -0.4 is 4.90 Å². The number of carbonyl (C=O) groups excluding carboxylic acids is 2. The van der Waals surface area contributed by atoms with Gasteiger partial charge in [-0.05, 0) is 32.0 Å². The van der Waals surface area contributed by atoms with Gasteiger partial charge in [0.05, 0.1) is 12.3 Å². The van der Waals surface area contributed by atoms with E-state index < -0.39 is 11.7 Å². The third-order valence-electron chi connectivity index (χ3n) is 4.33. The van der Waals surface area contributed by atoms with Crippen molar-refractivity contribution >= 4 is 34.9 Å². The number of carbonyl (C=O) groups is 2. The van der Waals surface area contributed by atoms with E-state index in [0.717, 1.165) is 5.56 Å². The van der Waals surface area contributed by atoms with E-state index in [1.165, 1.54) is 11.0 Å². The van der Waals surface area contributed by atoms with Crippen LogP contribution in [0.25, 0.3) is 0 Å². The van der Waals surface area contributed by atoms with Gasteiger partial charge < -0.3 is 9.84 Å². The van der Waals surface area contributed by atoms with Gasteiger partial charge in [-0.1, -0.05) is 47.5 Å². The Morgan fingerprint density at radius 1 is 1.21 bits per heavy atom. The van der Waals surface area contributed by atoms with Crippen LogP contribution in [0, 0.1) is 12.3 Å². The molecule has 1 heterocycles. The van der Waals surface area contributed by atoms with Gasteiger partial charge in [0.25, 0.3) is 0 Å². The van der Waals surface area contributed by atoms with Crippen LogP contribution in [0.1, 0.15) is 22.8 Å². The normalized spacial score (nSPS) is 15.2. The van der Waals surface area contributed by atoms with Crippen molar-refractivity contribution < 1.29 is 19.4 Å². The number of ether oxygens (including phenoxy) is 1. The molecule has 0 unspecified atom stereocenters. The zero-order chi connectivity index (χ0) is 21.1. The van der Waals surface area contributed by atoms with Crippen LogP contribution in [0.2, 0.25) is 5.02 Å². The van der Waals surface area contributed by atoms with E-state index in [2.05, 4.69) is 0 Å². The highest BCUT2D eigenvalue weighted by atomic mass is 35.5. The number of hydrogen-bond acceptors (Lipinski definition) is 5. The number of ketones is 1. The molecule has 3 rings (SSSR count). The number of hydrogen-bond donors (Lipinski definition) is 2. The number of nitrogens with zero attached hydrogens (tertiary/aromatic N) is 1. The van der Waals surface area contributed by atoms with E-state index in [1.54, 1.807) is 55.5 Å². The molecule has 29 heavy (non-hydrogen) atoms. The summed E-state index contributed by atoms with van der Waals surface area (Å²) in [6.45, 7) is 3.62. The van der Waals surface area contributed by atoms with Crippen molar-refractivity contribution in [3.05, 3.63) is 87.8 Å². The summed E-state index contributed by atoms with van der Waals surface area (Å²) in [6, 6.07) is 13.5. The van der Waals surface area contributed by atoms with Gasteiger partial charge in [0.1, 0.15) is 11.4 Å². The summed E-state index contributed by atoms with van der Waals surface area (Å²) in [5.74, 6) is -2.01. The first-order chi connectivity index (χ1) is 13.8. The highest BCUT2D eigenvalue weighted by Crippen LogP contribution is 2.35. The van der Waals surface area contributed by atoms with Crippen molar-refractivity contribution in [3.63, 3.8) is 0 Å². The lowest BCUT2D eigenvalue weighted by Gasteiger charge is -2.21. The number of esters is 1. The molecular weight excluding hydrogens is 392 g/mol. The molecule has 7 heteroatoms. The Hall–Kier alpha value is -3.38. The lowest BCUT2D eigenvalue weighted by atomic mass is 10.1. The Morgan fingerprint density at radius 3 is 2.52 bits per heavy atom. The summed E-state index contributed by atoms with van der Waals surface area (Å²) in [5.41, 5.74) is 1.54. The van der Waals surface area contributed by atoms with Gasteiger partial charge >= 0.3 is 5.97 Å². The van der Waals surface area contributed by atoms with Crippen LogP contribution >= 0.6 is 11.6 Å². The molecule has 0 radical (unpaired) electrons. The van der Waals surface area contributed by atoms with Gasteiger partial charge in [0.2, 0.25) is 0 Å². The fourth-order valence-corrected chi connectivity index (χ4v) is 3.10. The van der Waals surface area contributed by atoms with Crippen molar-refractivity contribution in [3.8, 4) is 0 Å². The monoisotopic (exact) mass is 410 g/mol. The summed E-state index contributed by atoms with van der Waals surface area (Å²) in [7, 11) is 0. The first kappa shape index (κ1) is 20.4. The first-order valence-electron chi connectivity index (χ1n) is 8.91. The molecule has 2 N–H and O–H groups in total. The van der Waals surface area contributed by atoms with Crippen molar-refractivity contribution in [2.75, 3.05) is 11.5 Å². The predicted octanol–water partition coefficient (Wildman–Crippen LogP) is 4.59. The van der Waals surface area contributed by atoms with Crippen molar-refractivity contribution in [2.45, 2.75) is 13.8 Å². The second-order valence-corrected chi connectivity index (χ2v) is 6.80. The lowest BCUT2D eigenvalue weighted by Crippen LogP contribution is -2.28. The average Bonchev–Trinajstić information content (AvgIpc) is 2.92. The van der Waals surface area contributed by atoms with E-state index in [4.69, 9.17) is 21.7 Å². The number of nitrogens with one attached hydrogen (secondary N) is 1. The van der Waals surface area contributed by atoms with Crippen LogP contribution in [-0.2, 0) is 9.53 Å². The SMILES string of the molecule is CCOC(=O)C1=C(O)/C(=C\C(=O)c2ccc(C)cc2)N(c2cccc(Cl)c2)C1=N. The highest BCUT2D eigenvalue weighted by Gasteiger charge is 2.38. The quantitative estimate of drug-likeness (QED) is 0.427. The fourth-order valence-electron chi connectivity index (χ4n) is 2.92. The van der Waals surface area contributed by atoms with Gasteiger partial charge in [-0.25, -0.2) is 4.79 Å². The minimum Gasteiger partial charge on any atom is -0.505 e. The number of rotatable bonds is 5. The Balaban J connectivity index is 2.11. The molecule has 0 aromatic heterocycles. The molecule has 1 aliphatic heterocycles. The lowest BCUT2D eigenvalue weighted by molar-refractivity contribution is -0.138. The number of aryl methyl sites for hydroxylation is 1. The van der Waals surface area contributed by atoms with Gasteiger partial charge in [-0.2, -0.15) is 0 Å². The predicted molar refractivity (Wildman–Crippen MR) is 112 cm³/mol. The van der Waals surface area contributed by atoms with Crippen LogP contribution in [0.4, 0.5) is 5.69 Å². The molecule has 0 saturated carbocycles. The Morgan fingerprint density at radius 2 is 1.90 bits per heavy atom.